The molecule has 0 aliphatic carbocycles. The molecule has 0 aliphatic rings. The van der Waals surface area contributed by atoms with E-state index in [4.69, 9.17) is 0 Å². The first-order chi connectivity index (χ1) is 13.0. The van der Waals surface area contributed by atoms with Crippen LogP contribution in [-0.2, 0) is 21.2 Å². The second-order valence-corrected chi connectivity index (χ2v) is 10.1. The molecule has 3 N–H and O–H groups in total. The number of carbonyl (C=O) groups is 1. The molecule has 0 unspecified atom stereocenters. The fraction of sp³-hybridized carbons (Fsp3) is 0.500. The number of thioether (sulfide) groups is 1. The second-order valence-electron chi connectivity index (χ2n) is 7.40. The molecular formula is C18H27N5O3S2. The molecule has 0 radical (unpaired) electrons. The third-order valence-corrected chi connectivity index (χ3v) is 6.17. The van der Waals surface area contributed by atoms with Crippen molar-refractivity contribution >= 4 is 27.7 Å². The summed E-state index contributed by atoms with van der Waals surface area (Å²) in [6.45, 7) is 7.75. The third-order valence-electron chi connectivity index (χ3n) is 3.55. The van der Waals surface area contributed by atoms with Gasteiger partial charge in [0.2, 0.25) is 21.1 Å². The Hall–Kier alpha value is -1.91. The first kappa shape index (κ1) is 22.4. The van der Waals surface area contributed by atoms with E-state index in [0.717, 1.165) is 11.4 Å². The van der Waals surface area contributed by atoms with E-state index < -0.39 is 15.6 Å². The molecular weight excluding hydrogens is 398 g/mol. The fourth-order valence-corrected chi connectivity index (χ4v) is 4.48. The molecule has 2 rings (SSSR count). The van der Waals surface area contributed by atoms with Crippen molar-refractivity contribution in [1.82, 2.24) is 25.2 Å². The summed E-state index contributed by atoms with van der Waals surface area (Å²) in [5.41, 5.74) is 0.371. The Labute approximate surface area is 170 Å². The number of aryl methyl sites for hydroxylation is 2. The van der Waals surface area contributed by atoms with Crippen LogP contribution in [0.2, 0.25) is 0 Å². The van der Waals surface area contributed by atoms with Crippen LogP contribution in [-0.4, -0.2) is 47.3 Å². The van der Waals surface area contributed by atoms with Crippen molar-refractivity contribution in [3.8, 4) is 0 Å². The topological polar surface area (TPSA) is 117 Å². The molecule has 0 saturated heterocycles. The number of benzene rings is 1. The van der Waals surface area contributed by atoms with Crippen LogP contribution in [0.15, 0.2) is 34.3 Å². The van der Waals surface area contributed by atoms with Crippen LogP contribution >= 0.6 is 11.8 Å². The van der Waals surface area contributed by atoms with Gasteiger partial charge in [-0.3, -0.25) is 9.89 Å². The molecule has 10 heteroatoms. The zero-order chi connectivity index (χ0) is 20.8. The Morgan fingerprint density at radius 1 is 1.21 bits per heavy atom. The zero-order valence-electron chi connectivity index (χ0n) is 16.6. The molecule has 2 aromatic rings. The van der Waals surface area contributed by atoms with Crippen LogP contribution in [0.1, 0.15) is 38.6 Å². The van der Waals surface area contributed by atoms with E-state index in [-0.39, 0.29) is 10.8 Å². The van der Waals surface area contributed by atoms with E-state index in [1.807, 2.05) is 6.92 Å². The van der Waals surface area contributed by atoms with Crippen LogP contribution in [0.25, 0.3) is 0 Å². The molecule has 0 fully saturated rings. The maximum atomic E-state index is 12.3. The quantitative estimate of drug-likeness (QED) is 0.418. The van der Waals surface area contributed by atoms with Crippen molar-refractivity contribution in [3.63, 3.8) is 0 Å². The Morgan fingerprint density at radius 3 is 2.46 bits per heavy atom. The standard InChI is InChI=1S/C18H27N5O3S2/c1-13-20-17(22-21-13)27-12-11-19-16(24)10-7-14-5-8-15(9-6-14)28(25,26)23-18(2,3)4/h5-6,8-9,23H,7,10-12H2,1-4H3,(H,19,24)(H,20,21,22). The maximum absolute atomic E-state index is 12.3. The van der Waals surface area contributed by atoms with Gasteiger partial charge in [-0.2, -0.15) is 0 Å². The van der Waals surface area contributed by atoms with Crippen molar-refractivity contribution in [1.29, 1.82) is 0 Å². The molecule has 1 heterocycles. The van der Waals surface area contributed by atoms with Crippen molar-refractivity contribution in [2.45, 2.75) is 56.1 Å². The molecule has 0 saturated carbocycles. The number of hydrogen-bond donors (Lipinski definition) is 3. The molecule has 0 aliphatic heterocycles. The Morgan fingerprint density at radius 2 is 1.89 bits per heavy atom. The Kier molecular flexibility index (Phi) is 7.62. The van der Waals surface area contributed by atoms with Gasteiger partial charge in [-0.25, -0.2) is 18.1 Å². The number of aromatic amines is 1. The van der Waals surface area contributed by atoms with Gasteiger partial charge in [0.05, 0.1) is 4.90 Å². The van der Waals surface area contributed by atoms with Crippen molar-refractivity contribution < 1.29 is 13.2 Å². The minimum atomic E-state index is -3.55. The molecule has 0 bridgehead atoms. The summed E-state index contributed by atoms with van der Waals surface area (Å²) in [6, 6.07) is 6.62. The van der Waals surface area contributed by atoms with Gasteiger partial charge in [-0.05, 0) is 51.8 Å². The lowest BCUT2D eigenvalue weighted by molar-refractivity contribution is -0.120. The van der Waals surface area contributed by atoms with Crippen molar-refractivity contribution in [3.05, 3.63) is 35.7 Å². The highest BCUT2D eigenvalue weighted by Crippen LogP contribution is 2.15. The predicted octanol–water partition coefficient (Wildman–Crippen LogP) is 2.03. The number of carbonyl (C=O) groups excluding carboxylic acids is 1. The highest BCUT2D eigenvalue weighted by atomic mass is 32.2. The summed E-state index contributed by atoms with van der Waals surface area (Å²) in [5, 5.41) is 10.3. The van der Waals surface area contributed by atoms with Gasteiger partial charge < -0.3 is 5.32 Å². The average Bonchev–Trinajstić information content (AvgIpc) is 3.00. The van der Waals surface area contributed by atoms with Crippen LogP contribution in [0.3, 0.4) is 0 Å². The number of nitrogens with zero attached hydrogens (tertiary/aromatic N) is 2. The highest BCUT2D eigenvalue weighted by molar-refractivity contribution is 7.99. The number of hydrogen-bond acceptors (Lipinski definition) is 6. The first-order valence-corrected chi connectivity index (χ1v) is 11.4. The predicted molar refractivity (Wildman–Crippen MR) is 110 cm³/mol. The molecule has 154 valence electrons. The fourth-order valence-electron chi connectivity index (χ4n) is 2.36. The normalized spacial score (nSPS) is 12.1. The molecule has 8 nitrogen and oxygen atoms in total. The number of H-pyrrole nitrogens is 1. The van der Waals surface area contributed by atoms with Gasteiger partial charge in [0, 0.05) is 24.3 Å². The molecule has 1 amide bonds. The van der Waals surface area contributed by atoms with E-state index in [0.29, 0.717) is 30.3 Å². The van der Waals surface area contributed by atoms with Crippen LogP contribution in [0, 0.1) is 6.92 Å². The Balaban J connectivity index is 1.74. The largest absolute Gasteiger partial charge is 0.355 e. The van der Waals surface area contributed by atoms with E-state index >= 15 is 0 Å². The molecule has 0 spiro atoms. The molecule has 1 aromatic heterocycles. The average molecular weight is 426 g/mol. The summed E-state index contributed by atoms with van der Waals surface area (Å²) in [7, 11) is -3.55. The van der Waals surface area contributed by atoms with Crippen LogP contribution < -0.4 is 10.0 Å². The minimum Gasteiger partial charge on any atom is -0.355 e. The third kappa shape index (κ3) is 7.61. The Bertz CT molecular complexity index is 887. The summed E-state index contributed by atoms with van der Waals surface area (Å²) >= 11 is 1.47. The summed E-state index contributed by atoms with van der Waals surface area (Å²) in [6.07, 6.45) is 0.892. The van der Waals surface area contributed by atoms with E-state index in [1.165, 1.54) is 11.8 Å². The van der Waals surface area contributed by atoms with Crippen LogP contribution in [0.5, 0.6) is 0 Å². The zero-order valence-corrected chi connectivity index (χ0v) is 18.2. The van der Waals surface area contributed by atoms with Crippen molar-refractivity contribution in [2.75, 3.05) is 12.3 Å². The van der Waals surface area contributed by atoms with Gasteiger partial charge in [0.15, 0.2) is 0 Å². The lowest BCUT2D eigenvalue weighted by Crippen LogP contribution is -2.40. The minimum absolute atomic E-state index is 0.0436. The molecule has 28 heavy (non-hydrogen) atoms. The highest BCUT2D eigenvalue weighted by Gasteiger charge is 2.21. The van der Waals surface area contributed by atoms with Gasteiger partial charge in [0.1, 0.15) is 5.82 Å². The van der Waals surface area contributed by atoms with Crippen LogP contribution in [0.4, 0.5) is 0 Å². The van der Waals surface area contributed by atoms with E-state index in [9.17, 15) is 13.2 Å². The van der Waals surface area contributed by atoms with Gasteiger partial charge in [-0.1, -0.05) is 23.9 Å². The summed E-state index contributed by atoms with van der Waals surface area (Å²) in [5.74, 6) is 1.41. The summed E-state index contributed by atoms with van der Waals surface area (Å²) in [4.78, 5) is 16.4. The number of rotatable bonds is 9. The molecule has 1 aromatic carbocycles. The SMILES string of the molecule is Cc1nc(SCCNC(=O)CCc2ccc(S(=O)(=O)NC(C)(C)C)cc2)n[nH]1. The lowest BCUT2D eigenvalue weighted by Gasteiger charge is -2.20. The summed E-state index contributed by atoms with van der Waals surface area (Å²) < 4.78 is 27.2. The number of sulfonamides is 1. The van der Waals surface area contributed by atoms with Crippen molar-refractivity contribution in [2.24, 2.45) is 0 Å². The first-order valence-electron chi connectivity index (χ1n) is 8.96. The van der Waals surface area contributed by atoms with Gasteiger partial charge in [0.25, 0.3) is 0 Å². The monoisotopic (exact) mass is 425 g/mol. The smallest absolute Gasteiger partial charge is 0.241 e. The number of nitrogens with one attached hydrogen (secondary N) is 3. The maximum Gasteiger partial charge on any atom is 0.241 e. The van der Waals surface area contributed by atoms with E-state index in [1.54, 1.807) is 45.0 Å². The molecule has 0 atom stereocenters. The van der Waals surface area contributed by atoms with E-state index in [2.05, 4.69) is 25.2 Å². The number of aromatic nitrogens is 3. The van der Waals surface area contributed by atoms with Gasteiger partial charge >= 0.3 is 0 Å². The number of amides is 1. The van der Waals surface area contributed by atoms with Gasteiger partial charge in [-0.15, -0.1) is 5.10 Å². The lowest BCUT2D eigenvalue weighted by atomic mass is 10.1. The second kappa shape index (κ2) is 9.53.